The van der Waals surface area contributed by atoms with Gasteiger partial charge in [-0.1, -0.05) is 0 Å². The predicted molar refractivity (Wildman–Crippen MR) is 62.8 cm³/mol. The van der Waals surface area contributed by atoms with E-state index in [1.54, 1.807) is 6.07 Å². The molecule has 3 heterocycles. The monoisotopic (exact) mass is 233 g/mol. The highest BCUT2D eigenvalue weighted by atomic mass is 16.2. The molecule has 5 nitrogen and oxygen atoms in total. The first-order valence-corrected chi connectivity index (χ1v) is 5.93. The first-order chi connectivity index (χ1) is 8.24. The van der Waals surface area contributed by atoms with Crippen molar-refractivity contribution in [3.8, 4) is 0 Å². The number of hydrogen-bond acceptors (Lipinski definition) is 3. The number of H-pyrrole nitrogens is 1. The fourth-order valence-electron chi connectivity index (χ4n) is 2.78. The summed E-state index contributed by atoms with van der Waals surface area (Å²) in [6.45, 7) is 3.63. The second-order valence-electron chi connectivity index (χ2n) is 4.83. The molecule has 0 saturated carbocycles. The summed E-state index contributed by atoms with van der Waals surface area (Å²) in [5.41, 5.74) is 0.263. The summed E-state index contributed by atoms with van der Waals surface area (Å²) >= 11 is 0. The minimum Gasteiger partial charge on any atom is -0.338 e. The van der Waals surface area contributed by atoms with E-state index in [4.69, 9.17) is 0 Å². The molecule has 0 aromatic carbocycles. The van der Waals surface area contributed by atoms with Gasteiger partial charge in [-0.3, -0.25) is 9.59 Å². The molecular weight excluding hydrogens is 218 g/mol. The molecule has 0 aliphatic carbocycles. The Labute approximate surface area is 98.8 Å². The van der Waals surface area contributed by atoms with Gasteiger partial charge in [-0.15, -0.1) is 0 Å². The van der Waals surface area contributed by atoms with Crippen LogP contribution in [0, 0.1) is 11.8 Å². The molecule has 17 heavy (non-hydrogen) atoms. The smallest absolute Gasteiger partial charge is 0.254 e. The Kier molecular flexibility index (Phi) is 2.48. The number of carbonyl (C=O) groups excluding carboxylic acids is 1. The van der Waals surface area contributed by atoms with Crippen molar-refractivity contribution in [2.24, 2.45) is 11.8 Å². The van der Waals surface area contributed by atoms with E-state index in [2.05, 4.69) is 10.3 Å². The van der Waals surface area contributed by atoms with Crippen LogP contribution in [-0.4, -0.2) is 42.0 Å². The molecule has 3 rings (SSSR count). The Morgan fingerprint density at radius 3 is 2.65 bits per heavy atom. The molecule has 1 amide bonds. The van der Waals surface area contributed by atoms with Gasteiger partial charge >= 0.3 is 0 Å². The number of aromatic amines is 1. The zero-order valence-corrected chi connectivity index (χ0v) is 9.48. The van der Waals surface area contributed by atoms with Crippen molar-refractivity contribution in [3.63, 3.8) is 0 Å². The molecule has 5 heteroatoms. The lowest BCUT2D eigenvalue weighted by molar-refractivity contribution is 0.0781. The van der Waals surface area contributed by atoms with Crippen LogP contribution in [0.4, 0.5) is 0 Å². The summed E-state index contributed by atoms with van der Waals surface area (Å²) in [7, 11) is 0. The molecule has 2 aliphatic heterocycles. The van der Waals surface area contributed by atoms with Gasteiger partial charge in [0.05, 0.1) is 0 Å². The number of nitrogens with zero attached hydrogens (tertiary/aromatic N) is 1. The van der Waals surface area contributed by atoms with Crippen molar-refractivity contribution in [1.29, 1.82) is 0 Å². The van der Waals surface area contributed by atoms with Crippen molar-refractivity contribution < 1.29 is 4.79 Å². The van der Waals surface area contributed by atoms with Gasteiger partial charge in [0, 0.05) is 44.0 Å². The summed E-state index contributed by atoms with van der Waals surface area (Å²) in [6, 6.07) is 3.03. The van der Waals surface area contributed by atoms with E-state index in [1.165, 1.54) is 12.3 Å². The van der Waals surface area contributed by atoms with Crippen LogP contribution in [0.3, 0.4) is 0 Å². The number of likely N-dealkylation sites (tertiary alicyclic amines) is 1. The molecule has 2 N–H and O–H groups in total. The summed E-state index contributed by atoms with van der Waals surface area (Å²) in [5.74, 6) is 1.15. The molecule has 0 radical (unpaired) electrons. The molecule has 2 unspecified atom stereocenters. The highest BCUT2D eigenvalue weighted by Crippen LogP contribution is 2.27. The van der Waals surface area contributed by atoms with E-state index in [0.29, 0.717) is 17.4 Å². The van der Waals surface area contributed by atoms with Crippen LogP contribution in [0.5, 0.6) is 0 Å². The van der Waals surface area contributed by atoms with Gasteiger partial charge < -0.3 is 15.2 Å². The minimum absolute atomic E-state index is 0.0227. The number of aromatic nitrogens is 1. The van der Waals surface area contributed by atoms with E-state index in [1.807, 2.05) is 4.90 Å². The van der Waals surface area contributed by atoms with Crippen LogP contribution in [0.2, 0.25) is 0 Å². The van der Waals surface area contributed by atoms with Crippen LogP contribution in [0.1, 0.15) is 10.4 Å². The van der Waals surface area contributed by atoms with Crippen LogP contribution in [-0.2, 0) is 0 Å². The van der Waals surface area contributed by atoms with Gasteiger partial charge in [-0.2, -0.15) is 0 Å². The fourth-order valence-corrected chi connectivity index (χ4v) is 2.78. The normalized spacial score (nSPS) is 27.2. The molecule has 2 fully saturated rings. The Morgan fingerprint density at radius 2 is 2.00 bits per heavy atom. The zero-order valence-electron chi connectivity index (χ0n) is 9.48. The summed E-state index contributed by atoms with van der Waals surface area (Å²) in [6.07, 6.45) is 1.52. The first-order valence-electron chi connectivity index (χ1n) is 5.93. The number of fused-ring (bicyclic) bond motifs is 1. The third-order valence-electron chi connectivity index (χ3n) is 3.70. The molecule has 1 aromatic heterocycles. The van der Waals surface area contributed by atoms with E-state index in [-0.39, 0.29) is 11.5 Å². The molecule has 2 atom stereocenters. The fraction of sp³-hybridized carbons (Fsp3) is 0.500. The van der Waals surface area contributed by atoms with E-state index in [9.17, 15) is 9.59 Å². The zero-order chi connectivity index (χ0) is 11.8. The largest absolute Gasteiger partial charge is 0.338 e. The number of carbonyl (C=O) groups is 1. The second kappa shape index (κ2) is 4.00. The average molecular weight is 233 g/mol. The number of pyridine rings is 1. The summed E-state index contributed by atoms with van der Waals surface area (Å²) in [4.78, 5) is 27.7. The van der Waals surface area contributed by atoms with Crippen molar-refractivity contribution in [3.05, 3.63) is 34.2 Å². The van der Waals surface area contributed by atoms with Crippen LogP contribution in [0.15, 0.2) is 23.1 Å². The highest BCUT2D eigenvalue weighted by Gasteiger charge is 2.38. The maximum atomic E-state index is 12.2. The van der Waals surface area contributed by atoms with E-state index in [0.717, 1.165) is 26.2 Å². The van der Waals surface area contributed by atoms with Crippen molar-refractivity contribution in [1.82, 2.24) is 15.2 Å². The van der Waals surface area contributed by atoms with E-state index >= 15 is 0 Å². The van der Waals surface area contributed by atoms with E-state index < -0.39 is 0 Å². The predicted octanol–water partition coefficient (Wildman–Crippen LogP) is -0.334. The maximum Gasteiger partial charge on any atom is 0.254 e. The molecule has 90 valence electrons. The Bertz CT molecular complexity index is 485. The number of amides is 1. The van der Waals surface area contributed by atoms with Gasteiger partial charge in [0.25, 0.3) is 5.91 Å². The van der Waals surface area contributed by atoms with Gasteiger partial charge in [-0.25, -0.2) is 0 Å². The maximum absolute atomic E-state index is 12.2. The third-order valence-corrected chi connectivity index (χ3v) is 3.70. The lowest BCUT2D eigenvalue weighted by Crippen LogP contribution is -2.32. The van der Waals surface area contributed by atoms with Crippen molar-refractivity contribution in [2.75, 3.05) is 26.2 Å². The van der Waals surface area contributed by atoms with Gasteiger partial charge in [0.1, 0.15) is 0 Å². The molecule has 1 aromatic rings. The summed E-state index contributed by atoms with van der Waals surface area (Å²) in [5, 5.41) is 3.34. The number of nitrogens with one attached hydrogen (secondary N) is 2. The Morgan fingerprint density at radius 1 is 1.29 bits per heavy atom. The molecule has 2 aliphatic rings. The standard InChI is InChI=1S/C12H15N3O2/c16-11-3-8(1-2-14-11)12(17)15-6-9-4-13-5-10(9)7-15/h1-3,9-10,13H,4-7H2,(H,14,16). The summed E-state index contributed by atoms with van der Waals surface area (Å²) < 4.78 is 0. The van der Waals surface area contributed by atoms with Crippen molar-refractivity contribution in [2.45, 2.75) is 0 Å². The highest BCUT2D eigenvalue weighted by molar-refractivity contribution is 5.94. The molecular formula is C12H15N3O2. The first kappa shape index (κ1) is 10.5. The lowest BCUT2D eigenvalue weighted by Gasteiger charge is -2.17. The quantitative estimate of drug-likeness (QED) is 0.698. The van der Waals surface area contributed by atoms with Gasteiger partial charge in [0.2, 0.25) is 5.56 Å². The number of hydrogen-bond donors (Lipinski definition) is 2. The Balaban J connectivity index is 1.77. The van der Waals surface area contributed by atoms with Crippen LogP contribution < -0.4 is 10.9 Å². The van der Waals surface area contributed by atoms with Gasteiger partial charge in [0.15, 0.2) is 0 Å². The molecule has 2 saturated heterocycles. The Hall–Kier alpha value is -1.62. The topological polar surface area (TPSA) is 65.2 Å². The van der Waals surface area contributed by atoms with Gasteiger partial charge in [-0.05, 0) is 17.9 Å². The minimum atomic E-state index is -0.225. The van der Waals surface area contributed by atoms with Crippen molar-refractivity contribution >= 4 is 5.91 Å². The number of rotatable bonds is 1. The second-order valence-corrected chi connectivity index (χ2v) is 4.83. The SMILES string of the molecule is O=C(c1cc[nH]c(=O)c1)N1CC2CNCC2C1. The molecule has 0 spiro atoms. The lowest BCUT2D eigenvalue weighted by atomic mass is 10.0. The van der Waals surface area contributed by atoms with Crippen LogP contribution in [0.25, 0.3) is 0 Å². The third kappa shape index (κ3) is 1.86. The van der Waals surface area contributed by atoms with Crippen LogP contribution >= 0.6 is 0 Å². The molecule has 0 bridgehead atoms. The average Bonchev–Trinajstić information content (AvgIpc) is 2.88.